The Bertz CT molecular complexity index is 1970. The van der Waals surface area contributed by atoms with E-state index in [1.165, 1.54) is 77.2 Å². The predicted octanol–water partition coefficient (Wildman–Crippen LogP) is 10.9. The maximum Gasteiger partial charge on any atom is 2.00 e. The fourth-order valence-electron chi connectivity index (χ4n) is 6.98. The van der Waals surface area contributed by atoms with Crippen molar-refractivity contribution in [2.45, 2.75) is 151 Å². The maximum absolute atomic E-state index is 3.38. The predicted molar refractivity (Wildman–Crippen MR) is 248 cm³/mol. The van der Waals surface area contributed by atoms with Crippen molar-refractivity contribution in [2.24, 2.45) is 0 Å². The van der Waals surface area contributed by atoms with Crippen LogP contribution in [0.2, 0.25) is 0 Å². The van der Waals surface area contributed by atoms with E-state index in [-0.39, 0.29) is 68.2 Å². The maximum atomic E-state index is 3.38. The molecule has 58 heavy (non-hydrogen) atoms. The summed E-state index contributed by atoms with van der Waals surface area (Å²) in [6.45, 7) is 43.5. The molecule has 6 aromatic rings. The van der Waals surface area contributed by atoms with Gasteiger partial charge in [-0.2, -0.15) is 12.1 Å². The van der Waals surface area contributed by atoms with Gasteiger partial charge in [0.05, 0.1) is 0 Å². The van der Waals surface area contributed by atoms with E-state index in [4.69, 9.17) is 0 Å². The SMILES string of the molecule is CC(C)c1cc2c(-c3cc(C(C)(C)C)cc(C(C)(C)C)c3)cccc2[cH-]1.CC(C)c1cc2c(-c3cc(C(C)(C)C)cc(C(C)(C)C)c3)cccc2[cH-]1.[CH2-]C[CH2-].[Cl-].[Cl-].[Ti+2]. The number of hydrogen-bond donors (Lipinski definition) is 0. The van der Waals surface area contributed by atoms with Gasteiger partial charge in [-0.15, -0.1) is 69.1 Å². The van der Waals surface area contributed by atoms with Gasteiger partial charge in [-0.25, -0.2) is 0 Å². The van der Waals surface area contributed by atoms with E-state index in [2.05, 4.69) is 222 Å². The third kappa shape index (κ3) is 13.2. The molecule has 0 heterocycles. The zero-order valence-electron chi connectivity index (χ0n) is 38.8. The molecule has 0 aliphatic heterocycles. The minimum atomic E-state index is 0. The van der Waals surface area contributed by atoms with Gasteiger partial charge >= 0.3 is 21.7 Å². The zero-order valence-corrected chi connectivity index (χ0v) is 41.8. The molecule has 0 amide bonds. The van der Waals surface area contributed by atoms with E-state index >= 15 is 0 Å². The van der Waals surface area contributed by atoms with Crippen LogP contribution in [-0.4, -0.2) is 0 Å². The second-order valence-corrected chi connectivity index (χ2v) is 20.5. The van der Waals surface area contributed by atoms with Crippen LogP contribution in [0.15, 0.2) is 97.1 Å². The number of halogens is 2. The van der Waals surface area contributed by atoms with E-state index in [1.807, 2.05) is 0 Å². The molecule has 6 aromatic carbocycles. The van der Waals surface area contributed by atoms with Crippen LogP contribution in [0.25, 0.3) is 43.8 Å². The quantitative estimate of drug-likeness (QED) is 0.122. The van der Waals surface area contributed by atoms with Crippen LogP contribution >= 0.6 is 0 Å². The molecule has 0 unspecified atom stereocenters. The zero-order chi connectivity index (χ0) is 41.3. The third-order valence-corrected chi connectivity index (χ3v) is 10.8. The summed E-state index contributed by atoms with van der Waals surface area (Å²) in [5.41, 5.74) is 14.4. The molecule has 3 heteroatoms. The van der Waals surface area contributed by atoms with E-state index < -0.39 is 0 Å². The molecule has 0 saturated heterocycles. The number of hydrogen-bond acceptors (Lipinski definition) is 0. The van der Waals surface area contributed by atoms with Crippen LogP contribution in [0.5, 0.6) is 0 Å². The van der Waals surface area contributed by atoms with Gasteiger partial charge in [0.15, 0.2) is 0 Å². The molecule has 0 atom stereocenters. The van der Waals surface area contributed by atoms with Gasteiger partial charge in [-0.05, 0) is 66.9 Å². The van der Waals surface area contributed by atoms with Crippen molar-refractivity contribution in [1.82, 2.24) is 0 Å². The minimum absolute atomic E-state index is 0. The second kappa shape index (κ2) is 20.8. The van der Waals surface area contributed by atoms with Crippen LogP contribution in [0.1, 0.15) is 162 Å². The molecule has 0 spiro atoms. The van der Waals surface area contributed by atoms with Crippen molar-refractivity contribution in [2.75, 3.05) is 0 Å². The number of benzene rings is 4. The smallest absolute Gasteiger partial charge is 1.00 e. The Morgan fingerprint density at radius 3 is 0.931 bits per heavy atom. The molecular weight excluding hydrogens is 779 g/mol. The first-order valence-corrected chi connectivity index (χ1v) is 20.6. The van der Waals surface area contributed by atoms with Crippen LogP contribution in [-0.2, 0) is 43.4 Å². The Morgan fingerprint density at radius 1 is 0.448 bits per heavy atom. The summed E-state index contributed by atoms with van der Waals surface area (Å²) >= 11 is 0. The summed E-state index contributed by atoms with van der Waals surface area (Å²) in [5, 5.41) is 5.46. The average Bonchev–Trinajstić information content (AvgIpc) is 3.72. The van der Waals surface area contributed by atoms with Crippen LogP contribution < -0.4 is 24.8 Å². The van der Waals surface area contributed by atoms with Crippen molar-refractivity contribution in [1.29, 1.82) is 0 Å². The molecular formula is C55H72Cl2Ti-4. The summed E-state index contributed by atoms with van der Waals surface area (Å²) in [6, 6.07) is 37.3. The fraction of sp³-hybridized carbons (Fsp3) is 0.418. The monoisotopic (exact) mass is 850 g/mol. The van der Waals surface area contributed by atoms with E-state index in [0.717, 1.165) is 6.42 Å². The van der Waals surface area contributed by atoms with Gasteiger partial charge in [0.25, 0.3) is 0 Å². The Hall–Kier alpha value is -2.61. The summed E-state index contributed by atoms with van der Waals surface area (Å²) in [7, 11) is 0. The van der Waals surface area contributed by atoms with Crippen molar-refractivity contribution in [3.8, 4) is 22.3 Å². The van der Waals surface area contributed by atoms with E-state index in [0.29, 0.717) is 11.8 Å². The van der Waals surface area contributed by atoms with Gasteiger partial charge in [0.1, 0.15) is 0 Å². The van der Waals surface area contributed by atoms with E-state index in [9.17, 15) is 0 Å². The third-order valence-electron chi connectivity index (χ3n) is 10.8. The van der Waals surface area contributed by atoms with Gasteiger partial charge in [0, 0.05) is 0 Å². The molecule has 0 aliphatic rings. The van der Waals surface area contributed by atoms with Crippen LogP contribution in [0, 0.1) is 13.8 Å². The first-order chi connectivity index (χ1) is 25.3. The topological polar surface area (TPSA) is 0 Å². The van der Waals surface area contributed by atoms with Gasteiger partial charge in [-0.3, -0.25) is 0 Å². The Kier molecular flexibility index (Phi) is 19.1. The Morgan fingerprint density at radius 2 is 0.707 bits per heavy atom. The second-order valence-electron chi connectivity index (χ2n) is 20.5. The molecule has 0 aliphatic carbocycles. The Labute approximate surface area is 382 Å². The molecule has 0 nitrogen and oxygen atoms in total. The first kappa shape index (κ1) is 53.4. The first-order valence-electron chi connectivity index (χ1n) is 20.6. The molecule has 0 fully saturated rings. The normalized spacial score (nSPS) is 11.9. The summed E-state index contributed by atoms with van der Waals surface area (Å²) < 4.78 is 0. The molecule has 314 valence electrons. The standard InChI is InChI=1S/2C26H33.C3H6.2ClH.Ti/c2*1-17(2)19-12-18-10-9-11-23(24(18)15-19)20-13-21(25(3,4)5)16-22(14-20)26(6,7)8;1-3-2;;;/h2*9-17H,1-8H3;1-3H2;2*1H;/q2*-1;-2;;;+2/p-2. The molecule has 0 N–H and O–H groups in total. The van der Waals surface area contributed by atoms with E-state index in [1.54, 1.807) is 0 Å². The van der Waals surface area contributed by atoms with Crippen LogP contribution in [0.3, 0.4) is 0 Å². The summed E-state index contributed by atoms with van der Waals surface area (Å²) in [5.74, 6) is 1.11. The summed E-state index contributed by atoms with van der Waals surface area (Å²) in [6.07, 6.45) is 0.750. The van der Waals surface area contributed by atoms with Gasteiger partial charge in [0.2, 0.25) is 0 Å². The Balaban J connectivity index is 0.000000518. The minimum Gasteiger partial charge on any atom is -1.00 e. The average molecular weight is 852 g/mol. The molecule has 0 saturated carbocycles. The summed E-state index contributed by atoms with van der Waals surface area (Å²) in [4.78, 5) is 0. The van der Waals surface area contributed by atoms with Crippen molar-refractivity contribution < 1.29 is 46.5 Å². The molecule has 0 radical (unpaired) electrons. The molecule has 0 aromatic heterocycles. The number of rotatable bonds is 4. The van der Waals surface area contributed by atoms with Gasteiger partial charge < -0.3 is 45.1 Å². The number of fused-ring (bicyclic) bond motifs is 2. The molecule has 0 bridgehead atoms. The molecule has 6 rings (SSSR count). The van der Waals surface area contributed by atoms with Crippen LogP contribution in [0.4, 0.5) is 0 Å². The van der Waals surface area contributed by atoms with Crippen molar-refractivity contribution in [3.63, 3.8) is 0 Å². The van der Waals surface area contributed by atoms with Gasteiger partial charge in [-0.1, -0.05) is 170 Å². The van der Waals surface area contributed by atoms with Crippen molar-refractivity contribution in [3.05, 3.63) is 144 Å². The fourth-order valence-corrected chi connectivity index (χ4v) is 6.98. The largest absolute Gasteiger partial charge is 2.00 e. The van der Waals surface area contributed by atoms with Crippen molar-refractivity contribution >= 4 is 21.5 Å².